The van der Waals surface area contributed by atoms with Crippen LogP contribution in [0, 0.1) is 0 Å². The molecule has 2 aliphatic rings. The van der Waals surface area contributed by atoms with E-state index < -0.39 is 20.2 Å². The average Bonchev–Trinajstić information content (AvgIpc) is 3.71. The van der Waals surface area contributed by atoms with Gasteiger partial charge in [0.2, 0.25) is 0 Å². The Morgan fingerprint density at radius 1 is 0.595 bits per heavy atom. The van der Waals surface area contributed by atoms with Gasteiger partial charge in [0, 0.05) is 21.5 Å². The molecule has 0 bridgehead atoms. The third-order valence-corrected chi connectivity index (χ3v) is 11.4. The second-order valence-electron chi connectivity index (χ2n) is 11.6. The van der Waals surface area contributed by atoms with Gasteiger partial charge in [0.25, 0.3) is 0 Å². The summed E-state index contributed by atoms with van der Waals surface area (Å²) in [6.07, 6.45) is 7.89. The molecule has 2 aliphatic carbocycles. The monoisotopic (exact) mass is 599 g/mol. The van der Waals surface area contributed by atoms with E-state index in [4.69, 9.17) is 4.18 Å². The molecule has 0 unspecified atom stereocenters. The van der Waals surface area contributed by atoms with Gasteiger partial charge in [-0.1, -0.05) is 98.5 Å². The average molecular weight is 600 g/mol. The van der Waals surface area contributed by atoms with Gasteiger partial charge >= 0.3 is 10.1 Å². The normalized spacial score (nSPS) is 17.1. The molecular weight excluding hydrogens is 569 g/mol. The molecule has 42 heavy (non-hydrogen) atoms. The molecule has 0 N–H and O–H groups in total. The summed E-state index contributed by atoms with van der Waals surface area (Å²) in [6, 6.07) is 23.0. The third kappa shape index (κ3) is 4.57. The SMILES string of the molecule is O=S(=O)([O-])c1c2ccccc2c(OS(=O)(=O)c2c(C3CCCC3)cc3ccccc3c2C2CCCC2)c2ccccc12. The molecule has 0 saturated heterocycles. The highest BCUT2D eigenvalue weighted by atomic mass is 32.2. The van der Waals surface area contributed by atoms with Crippen molar-refractivity contribution in [3.63, 3.8) is 0 Å². The van der Waals surface area contributed by atoms with E-state index in [1.165, 1.54) is 12.1 Å². The maximum Gasteiger partial charge on any atom is 0.339 e. The van der Waals surface area contributed by atoms with Gasteiger partial charge < -0.3 is 8.74 Å². The number of benzene rings is 5. The molecule has 0 aromatic heterocycles. The molecule has 0 heterocycles. The van der Waals surface area contributed by atoms with Crippen molar-refractivity contribution < 1.29 is 25.6 Å². The zero-order chi connectivity index (χ0) is 29.1. The molecule has 6 nitrogen and oxygen atoms in total. The Kier molecular flexibility index (Phi) is 6.76. The van der Waals surface area contributed by atoms with Crippen LogP contribution in [0.1, 0.15) is 74.3 Å². The first-order chi connectivity index (χ1) is 20.2. The molecule has 7 rings (SSSR count). The van der Waals surface area contributed by atoms with Crippen LogP contribution in [0.5, 0.6) is 5.75 Å². The molecule has 5 aromatic carbocycles. The standard InChI is InChI=1S/C34H32O6S2/c35-41(36,37)33-28-19-9-7-17-26(28)32(27-18-8-10-20-29(27)33)40-42(38,39)34-30(22-11-1-2-12-22)21-24-15-5-6-16-25(24)31(34)23-13-3-4-14-23/h5-10,15-23H,1-4,11-14H2,(H,35,36,37)/p-1. The second-order valence-corrected chi connectivity index (χ2v) is 14.4. The zero-order valence-corrected chi connectivity index (χ0v) is 24.7. The summed E-state index contributed by atoms with van der Waals surface area (Å²) in [6.45, 7) is 0. The topological polar surface area (TPSA) is 101 Å². The minimum absolute atomic E-state index is 0.0384. The lowest BCUT2D eigenvalue weighted by Crippen LogP contribution is -2.18. The Balaban J connectivity index is 1.53. The third-order valence-electron chi connectivity index (χ3n) is 9.15. The zero-order valence-electron chi connectivity index (χ0n) is 23.1. The van der Waals surface area contributed by atoms with Gasteiger partial charge in [-0.25, -0.2) is 8.42 Å². The van der Waals surface area contributed by atoms with Crippen LogP contribution in [0.4, 0.5) is 0 Å². The summed E-state index contributed by atoms with van der Waals surface area (Å²) in [7, 11) is -9.28. The van der Waals surface area contributed by atoms with E-state index in [1.807, 2.05) is 24.3 Å². The fourth-order valence-corrected chi connectivity index (χ4v) is 9.81. The molecule has 2 fully saturated rings. The van der Waals surface area contributed by atoms with Crippen molar-refractivity contribution in [2.45, 2.75) is 73.0 Å². The van der Waals surface area contributed by atoms with E-state index in [0.29, 0.717) is 0 Å². The van der Waals surface area contributed by atoms with E-state index in [0.717, 1.165) is 73.3 Å². The van der Waals surface area contributed by atoms with Gasteiger partial charge in [-0.15, -0.1) is 0 Å². The van der Waals surface area contributed by atoms with Crippen molar-refractivity contribution in [3.8, 4) is 5.75 Å². The molecule has 0 atom stereocenters. The predicted molar refractivity (Wildman–Crippen MR) is 164 cm³/mol. The van der Waals surface area contributed by atoms with Gasteiger partial charge in [-0.3, -0.25) is 0 Å². The van der Waals surface area contributed by atoms with E-state index >= 15 is 0 Å². The van der Waals surface area contributed by atoms with Crippen molar-refractivity contribution in [1.29, 1.82) is 0 Å². The lowest BCUT2D eigenvalue weighted by Gasteiger charge is -2.25. The highest BCUT2D eigenvalue weighted by Gasteiger charge is 2.36. The van der Waals surface area contributed by atoms with E-state index in [2.05, 4.69) is 6.07 Å². The minimum atomic E-state index is -4.88. The van der Waals surface area contributed by atoms with Crippen molar-refractivity contribution in [2.24, 2.45) is 0 Å². The van der Waals surface area contributed by atoms with Crippen LogP contribution >= 0.6 is 0 Å². The second kappa shape index (κ2) is 10.4. The van der Waals surface area contributed by atoms with Crippen LogP contribution in [0.25, 0.3) is 32.3 Å². The summed E-state index contributed by atoms with van der Waals surface area (Å²) >= 11 is 0. The first-order valence-corrected chi connectivity index (χ1v) is 17.4. The van der Waals surface area contributed by atoms with Gasteiger partial charge in [0.1, 0.15) is 15.0 Å². The van der Waals surface area contributed by atoms with Crippen molar-refractivity contribution in [2.75, 3.05) is 0 Å². The lowest BCUT2D eigenvalue weighted by molar-refractivity contribution is 0.465. The number of hydrogen-bond donors (Lipinski definition) is 0. The van der Waals surface area contributed by atoms with E-state index in [9.17, 15) is 21.4 Å². The van der Waals surface area contributed by atoms with Crippen molar-refractivity contribution in [3.05, 3.63) is 90.0 Å². The van der Waals surface area contributed by atoms with Gasteiger partial charge in [0.15, 0.2) is 5.75 Å². The lowest BCUT2D eigenvalue weighted by atomic mass is 9.86. The number of hydrogen-bond acceptors (Lipinski definition) is 6. The van der Waals surface area contributed by atoms with Gasteiger partial charge in [0.05, 0.1) is 4.90 Å². The Hall–Kier alpha value is -3.46. The Morgan fingerprint density at radius 2 is 1.07 bits per heavy atom. The van der Waals surface area contributed by atoms with Crippen LogP contribution in [0.15, 0.2) is 88.7 Å². The molecule has 0 radical (unpaired) electrons. The maximum absolute atomic E-state index is 14.8. The van der Waals surface area contributed by atoms with Crippen molar-refractivity contribution in [1.82, 2.24) is 0 Å². The summed E-state index contributed by atoms with van der Waals surface area (Å²) in [5.41, 5.74) is 1.67. The minimum Gasteiger partial charge on any atom is -0.744 e. The van der Waals surface area contributed by atoms with Crippen molar-refractivity contribution >= 4 is 52.6 Å². The summed E-state index contributed by atoms with van der Waals surface area (Å²) in [4.78, 5) is -0.101. The van der Waals surface area contributed by atoms with Gasteiger partial charge in [-0.05, 0) is 65.5 Å². The molecule has 2 saturated carbocycles. The fraction of sp³-hybridized carbons (Fsp3) is 0.294. The predicted octanol–water partition coefficient (Wildman–Crippen LogP) is 8.13. The molecular formula is C34H31O6S2-. The van der Waals surface area contributed by atoms with Crippen LogP contribution in [-0.4, -0.2) is 21.4 Å². The van der Waals surface area contributed by atoms with Crippen LogP contribution in [0.3, 0.4) is 0 Å². The van der Waals surface area contributed by atoms with Crippen LogP contribution in [-0.2, 0) is 20.2 Å². The Labute approximate surface area is 246 Å². The summed E-state index contributed by atoms with van der Waals surface area (Å²) < 4.78 is 73.2. The quantitative estimate of drug-likeness (QED) is 0.111. The molecule has 0 aliphatic heterocycles. The highest BCUT2D eigenvalue weighted by molar-refractivity contribution is 7.87. The first kappa shape index (κ1) is 27.4. The molecule has 0 amide bonds. The molecule has 0 spiro atoms. The van der Waals surface area contributed by atoms with Crippen LogP contribution < -0.4 is 4.18 Å². The number of rotatable bonds is 6. The molecule has 8 heteroatoms. The maximum atomic E-state index is 14.8. The molecule has 216 valence electrons. The Morgan fingerprint density at radius 3 is 1.62 bits per heavy atom. The number of fused-ring (bicyclic) bond motifs is 3. The highest BCUT2D eigenvalue weighted by Crippen LogP contribution is 2.48. The smallest absolute Gasteiger partial charge is 0.339 e. The van der Waals surface area contributed by atoms with Crippen LogP contribution in [0.2, 0.25) is 0 Å². The first-order valence-electron chi connectivity index (χ1n) is 14.6. The van der Waals surface area contributed by atoms with E-state index in [-0.39, 0.29) is 48.9 Å². The fourth-order valence-electron chi connectivity index (χ4n) is 7.38. The van der Waals surface area contributed by atoms with Gasteiger partial charge in [-0.2, -0.15) is 8.42 Å². The summed E-state index contributed by atoms with van der Waals surface area (Å²) in [5.74, 6) is 0.257. The van der Waals surface area contributed by atoms with E-state index in [1.54, 1.807) is 36.4 Å². The largest absolute Gasteiger partial charge is 0.744 e. The summed E-state index contributed by atoms with van der Waals surface area (Å²) in [5, 5.41) is 2.79. The Bertz CT molecular complexity index is 2010. The molecule has 5 aromatic rings.